The average molecular weight is 834 g/mol. The van der Waals surface area contributed by atoms with Gasteiger partial charge in [0.1, 0.15) is 23.2 Å². The normalized spacial score (nSPS) is 22.9. The summed E-state index contributed by atoms with van der Waals surface area (Å²) in [7, 11) is 2.46. The number of carbonyl (C=O) groups excluding carboxylic acids is 6. The van der Waals surface area contributed by atoms with Crippen LogP contribution in [0, 0.1) is 10.8 Å². The van der Waals surface area contributed by atoms with Crippen molar-refractivity contribution in [2.45, 2.75) is 116 Å². The Hall–Kier alpha value is -5.22. The highest BCUT2D eigenvalue weighted by Gasteiger charge is 2.54. The third-order valence-electron chi connectivity index (χ3n) is 12.3. The number of rotatable bonds is 13. The SMILES string of the molecule is COC(=O)N[C@H](C(=O)N1CCC[C@@]1(C(N)=O)c1ccc(CN(Cc2ccc([C@]3(C(N)=O)CCCN3C(=O)[C@@H](NC(=O)OC)C(C)(C)C)cc2)[C@@H]2CCOC2)cc1)C(C)(C)C. The lowest BCUT2D eigenvalue weighted by Crippen LogP contribution is -2.61. The Labute approximate surface area is 353 Å². The number of benzene rings is 2. The predicted molar refractivity (Wildman–Crippen MR) is 223 cm³/mol. The van der Waals surface area contributed by atoms with Crippen LogP contribution in [0.1, 0.15) is 95.9 Å². The van der Waals surface area contributed by atoms with Gasteiger partial charge in [-0.05, 0) is 65.2 Å². The number of hydrogen-bond acceptors (Lipinski definition) is 10. The van der Waals surface area contributed by atoms with Crippen LogP contribution in [-0.2, 0) is 57.6 Å². The molecule has 3 aliphatic rings. The largest absolute Gasteiger partial charge is 0.453 e. The number of methoxy groups -OCH3 is 2. The first-order valence-corrected chi connectivity index (χ1v) is 20.6. The second-order valence-corrected chi connectivity index (χ2v) is 18.3. The smallest absolute Gasteiger partial charge is 0.407 e. The summed E-state index contributed by atoms with van der Waals surface area (Å²) in [5.74, 6) is -2.11. The summed E-state index contributed by atoms with van der Waals surface area (Å²) < 4.78 is 15.4. The van der Waals surface area contributed by atoms with Crippen LogP contribution in [0.15, 0.2) is 48.5 Å². The molecule has 16 heteroatoms. The van der Waals surface area contributed by atoms with Crippen LogP contribution in [0.4, 0.5) is 9.59 Å². The number of nitrogens with zero attached hydrogens (tertiary/aromatic N) is 3. The summed E-state index contributed by atoms with van der Waals surface area (Å²) in [5.41, 5.74) is 11.2. The molecule has 3 saturated heterocycles. The van der Waals surface area contributed by atoms with E-state index in [1.165, 1.54) is 24.0 Å². The number of likely N-dealkylation sites (tertiary alicyclic amines) is 2. The van der Waals surface area contributed by atoms with Gasteiger partial charge in [-0.25, -0.2) is 9.59 Å². The quantitative estimate of drug-likeness (QED) is 0.230. The molecule has 16 nitrogen and oxygen atoms in total. The van der Waals surface area contributed by atoms with Crippen LogP contribution in [-0.4, -0.2) is 109 Å². The van der Waals surface area contributed by atoms with Crippen molar-refractivity contribution in [2.24, 2.45) is 22.3 Å². The Morgan fingerprint density at radius 1 is 0.717 bits per heavy atom. The number of hydrogen-bond donors (Lipinski definition) is 4. The van der Waals surface area contributed by atoms with Gasteiger partial charge in [0.15, 0.2) is 0 Å². The fourth-order valence-electron chi connectivity index (χ4n) is 8.96. The van der Waals surface area contributed by atoms with Gasteiger partial charge >= 0.3 is 12.2 Å². The molecule has 0 radical (unpaired) electrons. The minimum absolute atomic E-state index is 0.123. The van der Waals surface area contributed by atoms with Crippen molar-refractivity contribution in [1.82, 2.24) is 25.3 Å². The van der Waals surface area contributed by atoms with E-state index in [4.69, 9.17) is 25.7 Å². The number of primary amides is 2. The Balaban J connectivity index is 1.39. The topological polar surface area (TPSA) is 216 Å². The summed E-state index contributed by atoms with van der Waals surface area (Å²) in [4.78, 5) is 84.9. The molecule has 2 aromatic carbocycles. The maximum Gasteiger partial charge on any atom is 0.407 e. The highest BCUT2D eigenvalue weighted by molar-refractivity contribution is 5.96. The zero-order valence-electron chi connectivity index (χ0n) is 36.3. The van der Waals surface area contributed by atoms with Crippen molar-refractivity contribution in [2.75, 3.05) is 40.5 Å². The molecule has 0 aromatic heterocycles. The van der Waals surface area contributed by atoms with E-state index in [2.05, 4.69) is 15.5 Å². The van der Waals surface area contributed by atoms with Crippen LogP contribution >= 0.6 is 0 Å². The molecule has 328 valence electrons. The Kier molecular flexibility index (Phi) is 13.9. The van der Waals surface area contributed by atoms with Gasteiger partial charge in [-0.3, -0.25) is 24.1 Å². The number of nitrogens with two attached hydrogens (primary N) is 2. The second kappa shape index (κ2) is 18.2. The lowest BCUT2D eigenvalue weighted by atomic mass is 9.82. The number of ether oxygens (including phenoxy) is 3. The lowest BCUT2D eigenvalue weighted by molar-refractivity contribution is -0.147. The van der Waals surface area contributed by atoms with Gasteiger partial charge in [0.2, 0.25) is 23.6 Å². The summed E-state index contributed by atoms with van der Waals surface area (Å²) in [6, 6.07) is 13.4. The molecule has 5 atom stereocenters. The molecule has 60 heavy (non-hydrogen) atoms. The second-order valence-electron chi connectivity index (χ2n) is 18.3. The van der Waals surface area contributed by atoms with E-state index in [0.29, 0.717) is 76.2 Å². The molecule has 0 unspecified atom stereocenters. The molecule has 3 heterocycles. The molecule has 0 spiro atoms. The maximum absolute atomic E-state index is 14.1. The van der Waals surface area contributed by atoms with Crippen molar-refractivity contribution in [3.63, 3.8) is 0 Å². The lowest BCUT2D eigenvalue weighted by Gasteiger charge is -2.41. The third kappa shape index (κ3) is 9.24. The molecule has 3 aliphatic heterocycles. The Morgan fingerprint density at radius 3 is 1.40 bits per heavy atom. The molecule has 3 fully saturated rings. The van der Waals surface area contributed by atoms with E-state index >= 15 is 0 Å². The van der Waals surface area contributed by atoms with Gasteiger partial charge in [-0.15, -0.1) is 0 Å². The molecule has 6 N–H and O–H groups in total. The molecule has 2 aromatic rings. The molecule has 6 amide bonds. The van der Waals surface area contributed by atoms with E-state index < -0.39 is 69.8 Å². The summed E-state index contributed by atoms with van der Waals surface area (Å²) in [6.45, 7) is 13.9. The monoisotopic (exact) mass is 833 g/mol. The number of alkyl carbamates (subject to hydrolysis) is 2. The fourth-order valence-corrected chi connectivity index (χ4v) is 8.96. The van der Waals surface area contributed by atoms with Crippen LogP contribution in [0.25, 0.3) is 0 Å². The van der Waals surface area contributed by atoms with Crippen molar-refractivity contribution in [3.8, 4) is 0 Å². The van der Waals surface area contributed by atoms with Gasteiger partial charge in [0.05, 0.1) is 20.8 Å². The molecule has 0 bridgehead atoms. The van der Waals surface area contributed by atoms with E-state index in [9.17, 15) is 28.8 Å². The molecule has 5 rings (SSSR count). The molecular weight excluding hydrogens is 771 g/mol. The summed E-state index contributed by atoms with van der Waals surface area (Å²) in [5, 5.41) is 5.32. The maximum atomic E-state index is 14.1. The van der Waals surface area contributed by atoms with Crippen LogP contribution < -0.4 is 22.1 Å². The van der Waals surface area contributed by atoms with Gasteiger partial charge in [-0.1, -0.05) is 90.1 Å². The zero-order valence-corrected chi connectivity index (χ0v) is 36.3. The number of carbonyl (C=O) groups is 6. The van der Waals surface area contributed by atoms with Crippen molar-refractivity contribution >= 4 is 35.8 Å². The Bertz CT molecular complexity index is 1770. The van der Waals surface area contributed by atoms with Crippen LogP contribution in [0.2, 0.25) is 0 Å². The summed E-state index contributed by atoms with van der Waals surface area (Å²) in [6.07, 6.45) is 1.14. The third-order valence-corrected chi connectivity index (χ3v) is 12.3. The first-order chi connectivity index (χ1) is 28.2. The van der Waals surface area contributed by atoms with E-state index in [-0.39, 0.29) is 6.04 Å². The summed E-state index contributed by atoms with van der Waals surface area (Å²) >= 11 is 0. The average Bonchev–Trinajstić information content (AvgIpc) is 3.99. The van der Waals surface area contributed by atoms with Crippen molar-refractivity contribution in [3.05, 3.63) is 70.8 Å². The minimum atomic E-state index is -1.40. The molecule has 0 saturated carbocycles. The van der Waals surface area contributed by atoms with Gasteiger partial charge in [0, 0.05) is 38.8 Å². The standard InChI is InChI=1S/C44H63N7O9/c1-41(2,3)33(47-39(56)58-7)35(52)50-22-9-20-43(50,37(45)54)30-15-11-28(12-16-30)25-49(32-19-24-60-27-32)26-29-13-17-31(18-14-29)44(38(46)55)21-10-23-51(44)36(53)34(42(4,5)6)48-40(57)59-8/h11-18,32-34H,9-10,19-27H2,1-8H3,(H2,45,54)(H2,46,55)(H,47,56)(H,48,57)/t32-,33-,34-,43+,44+/m1/s1. The van der Waals surface area contributed by atoms with Gasteiger partial charge < -0.3 is 46.1 Å². The fraction of sp³-hybridized carbons (Fsp3) is 0.591. The Morgan fingerprint density at radius 2 is 1.10 bits per heavy atom. The van der Waals surface area contributed by atoms with E-state index in [0.717, 1.165) is 17.5 Å². The zero-order chi connectivity index (χ0) is 44.2. The van der Waals surface area contributed by atoms with Crippen molar-refractivity contribution in [1.29, 1.82) is 0 Å². The van der Waals surface area contributed by atoms with Crippen molar-refractivity contribution < 1.29 is 43.0 Å². The van der Waals surface area contributed by atoms with Gasteiger partial charge in [0.25, 0.3) is 0 Å². The van der Waals surface area contributed by atoms with E-state index in [1.54, 1.807) is 0 Å². The predicted octanol–water partition coefficient (Wildman–Crippen LogP) is 3.63. The van der Waals surface area contributed by atoms with E-state index in [1.807, 2.05) is 90.1 Å². The van der Waals surface area contributed by atoms with Crippen LogP contribution in [0.5, 0.6) is 0 Å². The highest BCUT2D eigenvalue weighted by atomic mass is 16.5. The first-order valence-electron chi connectivity index (χ1n) is 20.6. The van der Waals surface area contributed by atoms with Gasteiger partial charge in [-0.2, -0.15) is 0 Å². The minimum Gasteiger partial charge on any atom is -0.453 e. The number of amides is 6. The highest BCUT2D eigenvalue weighted by Crippen LogP contribution is 2.42. The first kappa shape index (κ1) is 45.9. The molecule has 0 aliphatic carbocycles. The number of nitrogens with one attached hydrogen (secondary N) is 2. The molecular formula is C44H63N7O9. The van der Waals surface area contributed by atoms with Crippen LogP contribution in [0.3, 0.4) is 0 Å².